The molecule has 0 spiro atoms. The van der Waals surface area contributed by atoms with Crippen molar-refractivity contribution in [1.82, 2.24) is 9.88 Å². The summed E-state index contributed by atoms with van der Waals surface area (Å²) < 4.78 is 0. The van der Waals surface area contributed by atoms with Crippen LogP contribution in [0.1, 0.15) is 30.7 Å². The molecule has 1 aliphatic rings. The lowest BCUT2D eigenvalue weighted by Crippen LogP contribution is -2.36. The third kappa shape index (κ3) is 2.97. The molecule has 0 aromatic carbocycles. The lowest BCUT2D eigenvalue weighted by atomic mass is 10.2. The van der Waals surface area contributed by atoms with Crippen molar-refractivity contribution in [2.45, 2.75) is 31.8 Å². The van der Waals surface area contributed by atoms with Gasteiger partial charge < -0.3 is 15.5 Å². The molecular weight excluding hydrogens is 232 g/mol. The van der Waals surface area contributed by atoms with Gasteiger partial charge in [-0.25, -0.2) is 4.98 Å². The summed E-state index contributed by atoms with van der Waals surface area (Å²) in [5.74, 6) is 0. The molecule has 0 radical (unpaired) electrons. The number of hydrogen-bond acceptors (Lipinski definition) is 5. The molecule has 0 bridgehead atoms. The molecular formula is C12H22N4S. The van der Waals surface area contributed by atoms with Crippen LogP contribution in [0.25, 0.3) is 0 Å². The van der Waals surface area contributed by atoms with Crippen LogP contribution in [0.2, 0.25) is 0 Å². The molecule has 96 valence electrons. The number of nitrogens with two attached hydrogens (primary N) is 1. The average Bonchev–Trinajstić information content (AvgIpc) is 2.88. The number of rotatable bonds is 4. The summed E-state index contributed by atoms with van der Waals surface area (Å²) in [6, 6.07) is 0.756. The van der Waals surface area contributed by atoms with Gasteiger partial charge in [0, 0.05) is 36.8 Å². The third-order valence-electron chi connectivity index (χ3n) is 3.44. The van der Waals surface area contributed by atoms with Crippen LogP contribution in [0.4, 0.5) is 5.13 Å². The van der Waals surface area contributed by atoms with Gasteiger partial charge in [-0.05, 0) is 33.4 Å². The predicted octanol–water partition coefficient (Wildman–Crippen LogP) is 1.69. The minimum absolute atomic E-state index is 0.0869. The molecule has 1 aliphatic heterocycles. The van der Waals surface area contributed by atoms with Crippen molar-refractivity contribution in [3.8, 4) is 0 Å². The highest BCUT2D eigenvalue weighted by Gasteiger charge is 2.23. The molecule has 17 heavy (non-hydrogen) atoms. The van der Waals surface area contributed by atoms with Crippen LogP contribution >= 0.6 is 11.3 Å². The van der Waals surface area contributed by atoms with Gasteiger partial charge in [-0.15, -0.1) is 11.3 Å². The standard InChI is InChI=1S/C12H22N4S/c1-9(13)11-7-14-12(17-11)16(3)8-10-5-4-6-15(10)2/h7,9-10H,4-6,8,13H2,1-3H3. The first kappa shape index (κ1) is 12.8. The summed E-state index contributed by atoms with van der Waals surface area (Å²) in [5, 5.41) is 1.08. The van der Waals surface area contributed by atoms with Gasteiger partial charge >= 0.3 is 0 Å². The smallest absolute Gasteiger partial charge is 0.185 e. The zero-order valence-corrected chi connectivity index (χ0v) is 11.7. The maximum atomic E-state index is 5.86. The van der Waals surface area contributed by atoms with Crippen molar-refractivity contribution >= 4 is 16.5 Å². The van der Waals surface area contributed by atoms with Gasteiger partial charge in [-0.2, -0.15) is 0 Å². The zero-order valence-electron chi connectivity index (χ0n) is 10.9. The highest BCUT2D eigenvalue weighted by atomic mass is 32.1. The maximum Gasteiger partial charge on any atom is 0.185 e. The minimum Gasteiger partial charge on any atom is -0.350 e. The number of likely N-dealkylation sites (N-methyl/N-ethyl adjacent to an activating group) is 2. The van der Waals surface area contributed by atoms with E-state index >= 15 is 0 Å². The van der Waals surface area contributed by atoms with Crippen LogP contribution in [0.3, 0.4) is 0 Å². The molecule has 2 N–H and O–H groups in total. The van der Waals surface area contributed by atoms with E-state index in [1.54, 1.807) is 11.3 Å². The minimum atomic E-state index is 0.0869. The summed E-state index contributed by atoms with van der Waals surface area (Å²) in [7, 11) is 4.33. The quantitative estimate of drug-likeness (QED) is 0.888. The van der Waals surface area contributed by atoms with Crippen LogP contribution in [0.5, 0.6) is 0 Å². The van der Waals surface area contributed by atoms with Gasteiger partial charge in [0.15, 0.2) is 5.13 Å². The topological polar surface area (TPSA) is 45.4 Å². The van der Waals surface area contributed by atoms with Gasteiger partial charge in [-0.3, -0.25) is 0 Å². The number of aromatic nitrogens is 1. The van der Waals surface area contributed by atoms with Crippen molar-refractivity contribution in [2.75, 3.05) is 32.1 Å². The Morgan fingerprint density at radius 2 is 2.47 bits per heavy atom. The maximum absolute atomic E-state index is 5.86. The fourth-order valence-corrected chi connectivity index (χ4v) is 3.11. The van der Waals surface area contributed by atoms with Crippen LogP contribution in [-0.2, 0) is 0 Å². The molecule has 0 saturated carbocycles. The second-order valence-electron chi connectivity index (χ2n) is 4.99. The molecule has 1 aromatic heterocycles. The molecule has 4 nitrogen and oxygen atoms in total. The lowest BCUT2D eigenvalue weighted by Gasteiger charge is -2.25. The summed E-state index contributed by atoms with van der Waals surface area (Å²) in [5.41, 5.74) is 5.86. The first-order valence-corrected chi connectivity index (χ1v) is 7.02. The molecule has 1 saturated heterocycles. The van der Waals surface area contributed by atoms with Crippen LogP contribution < -0.4 is 10.6 Å². The average molecular weight is 254 g/mol. The molecule has 0 amide bonds. The first-order chi connectivity index (χ1) is 8.08. The van der Waals surface area contributed by atoms with Crippen molar-refractivity contribution < 1.29 is 0 Å². The second kappa shape index (κ2) is 5.33. The van der Waals surface area contributed by atoms with E-state index in [0.29, 0.717) is 6.04 Å². The summed E-state index contributed by atoms with van der Waals surface area (Å²) in [4.78, 5) is 10.3. The molecule has 1 fully saturated rings. The largest absolute Gasteiger partial charge is 0.350 e. The van der Waals surface area contributed by atoms with E-state index in [1.807, 2.05) is 13.1 Å². The summed E-state index contributed by atoms with van der Waals surface area (Å²) in [6.07, 6.45) is 4.52. The van der Waals surface area contributed by atoms with Gasteiger partial charge in [0.05, 0.1) is 0 Å². The van der Waals surface area contributed by atoms with Crippen molar-refractivity contribution in [2.24, 2.45) is 5.73 Å². The Balaban J connectivity index is 1.96. The van der Waals surface area contributed by atoms with Crippen LogP contribution in [0, 0.1) is 0 Å². The van der Waals surface area contributed by atoms with Crippen LogP contribution in [-0.4, -0.2) is 43.1 Å². The Morgan fingerprint density at radius 1 is 1.71 bits per heavy atom. The summed E-state index contributed by atoms with van der Waals surface area (Å²) >= 11 is 1.70. The Morgan fingerprint density at radius 3 is 3.00 bits per heavy atom. The number of anilines is 1. The van der Waals surface area contributed by atoms with Crippen LogP contribution in [0.15, 0.2) is 6.20 Å². The van der Waals surface area contributed by atoms with E-state index in [0.717, 1.165) is 16.6 Å². The SMILES string of the molecule is CC(N)c1cnc(N(C)CC2CCCN2C)s1. The van der Waals surface area contributed by atoms with E-state index in [-0.39, 0.29) is 6.04 Å². The third-order valence-corrected chi connectivity index (χ3v) is 4.76. The second-order valence-corrected chi connectivity index (χ2v) is 6.03. The number of hydrogen-bond donors (Lipinski definition) is 1. The van der Waals surface area contributed by atoms with Gasteiger partial charge in [0.1, 0.15) is 0 Å². The number of thiazole rings is 1. The fraction of sp³-hybridized carbons (Fsp3) is 0.750. The summed E-state index contributed by atoms with van der Waals surface area (Å²) in [6.45, 7) is 4.28. The van der Waals surface area contributed by atoms with Gasteiger partial charge in [0.2, 0.25) is 0 Å². The highest BCUT2D eigenvalue weighted by molar-refractivity contribution is 7.15. The molecule has 5 heteroatoms. The van der Waals surface area contributed by atoms with E-state index in [4.69, 9.17) is 5.73 Å². The predicted molar refractivity (Wildman–Crippen MR) is 73.6 cm³/mol. The normalized spacial score (nSPS) is 22.9. The Hall–Kier alpha value is -0.650. The molecule has 1 aromatic rings. The Kier molecular flexibility index (Phi) is 4.01. The zero-order chi connectivity index (χ0) is 12.4. The molecule has 2 unspecified atom stereocenters. The Labute approximate surface area is 107 Å². The fourth-order valence-electron chi connectivity index (χ4n) is 2.27. The van der Waals surface area contributed by atoms with Crippen molar-refractivity contribution in [3.63, 3.8) is 0 Å². The van der Waals surface area contributed by atoms with E-state index in [1.165, 1.54) is 19.4 Å². The molecule has 2 heterocycles. The number of nitrogens with zero attached hydrogens (tertiary/aromatic N) is 3. The van der Waals surface area contributed by atoms with E-state index < -0.39 is 0 Å². The van der Waals surface area contributed by atoms with E-state index in [2.05, 4.69) is 28.9 Å². The van der Waals surface area contributed by atoms with Crippen molar-refractivity contribution in [3.05, 3.63) is 11.1 Å². The Bertz CT molecular complexity index is 363. The first-order valence-electron chi connectivity index (χ1n) is 6.20. The van der Waals surface area contributed by atoms with Gasteiger partial charge in [-0.1, -0.05) is 0 Å². The van der Waals surface area contributed by atoms with Gasteiger partial charge in [0.25, 0.3) is 0 Å². The highest BCUT2D eigenvalue weighted by Crippen LogP contribution is 2.26. The number of likely N-dealkylation sites (tertiary alicyclic amines) is 1. The van der Waals surface area contributed by atoms with Crippen molar-refractivity contribution in [1.29, 1.82) is 0 Å². The molecule has 0 aliphatic carbocycles. The monoisotopic (exact) mass is 254 g/mol. The van der Waals surface area contributed by atoms with E-state index in [9.17, 15) is 0 Å². The molecule has 2 atom stereocenters. The molecule has 2 rings (SSSR count). The lowest BCUT2D eigenvalue weighted by molar-refractivity contribution is 0.314.